The van der Waals surface area contributed by atoms with Gasteiger partial charge < -0.3 is 0 Å². The van der Waals surface area contributed by atoms with Crippen LogP contribution in [0, 0.1) is 0 Å². The highest BCUT2D eigenvalue weighted by Gasteiger charge is 1.95. The Bertz CT molecular complexity index is 221. The van der Waals surface area contributed by atoms with Crippen LogP contribution in [0.15, 0.2) is 30.3 Å². The minimum absolute atomic E-state index is 0.729. The maximum atomic E-state index is 10.0. The minimum Gasteiger partial charge on any atom is -0.298 e. The Kier molecular flexibility index (Phi) is 5.34. The van der Waals surface area contributed by atoms with Crippen LogP contribution < -0.4 is 0 Å². The van der Waals surface area contributed by atoms with E-state index >= 15 is 0 Å². The molecule has 1 aliphatic heterocycles. The lowest BCUT2D eigenvalue weighted by Crippen LogP contribution is -1.73. The quantitative estimate of drug-likeness (QED) is 0.639. The van der Waals surface area contributed by atoms with Gasteiger partial charge in [0.05, 0.1) is 0 Å². The van der Waals surface area contributed by atoms with E-state index in [1.807, 2.05) is 18.2 Å². The van der Waals surface area contributed by atoms with Crippen LogP contribution in [0.2, 0.25) is 0 Å². The standard InChI is InChI=1S/C7H6O.C4H8S/c8-6-7-4-2-1-3-5-7;1-2-4-5-3-1/h1-6H;1-4H2. The van der Waals surface area contributed by atoms with Crippen LogP contribution in [0.5, 0.6) is 0 Å². The van der Waals surface area contributed by atoms with Crippen molar-refractivity contribution in [3.05, 3.63) is 35.9 Å². The first-order valence-electron chi connectivity index (χ1n) is 4.51. The Balaban J connectivity index is 0.000000145. The van der Waals surface area contributed by atoms with E-state index in [2.05, 4.69) is 11.8 Å². The molecule has 0 spiro atoms. The van der Waals surface area contributed by atoms with Crippen molar-refractivity contribution in [1.82, 2.24) is 0 Å². The van der Waals surface area contributed by atoms with E-state index < -0.39 is 0 Å². The van der Waals surface area contributed by atoms with Gasteiger partial charge in [-0.05, 0) is 24.3 Å². The number of benzene rings is 1. The average molecular weight is 194 g/mol. The van der Waals surface area contributed by atoms with Gasteiger partial charge in [-0.3, -0.25) is 4.79 Å². The third-order valence-corrected chi connectivity index (χ3v) is 2.92. The molecule has 2 heteroatoms. The Morgan fingerprint density at radius 1 is 1.08 bits per heavy atom. The second-order valence-electron chi connectivity index (χ2n) is 2.85. The zero-order chi connectivity index (χ0) is 9.36. The Labute approximate surface area is 83.5 Å². The first-order valence-corrected chi connectivity index (χ1v) is 5.67. The number of rotatable bonds is 1. The van der Waals surface area contributed by atoms with Gasteiger partial charge >= 0.3 is 0 Å². The highest BCUT2D eigenvalue weighted by atomic mass is 32.2. The van der Waals surface area contributed by atoms with E-state index in [1.54, 1.807) is 12.1 Å². The van der Waals surface area contributed by atoms with E-state index in [-0.39, 0.29) is 0 Å². The van der Waals surface area contributed by atoms with Gasteiger partial charge in [-0.25, -0.2) is 0 Å². The molecule has 0 aromatic heterocycles. The zero-order valence-electron chi connectivity index (χ0n) is 7.61. The molecule has 0 bridgehead atoms. The summed E-state index contributed by atoms with van der Waals surface area (Å²) in [7, 11) is 0. The molecule has 0 radical (unpaired) electrons. The Hall–Kier alpha value is -0.760. The monoisotopic (exact) mass is 194 g/mol. The normalized spacial score (nSPS) is 14.5. The maximum Gasteiger partial charge on any atom is 0.150 e. The fourth-order valence-corrected chi connectivity index (χ4v) is 2.06. The third kappa shape index (κ3) is 4.73. The van der Waals surface area contributed by atoms with Crippen LogP contribution in [0.3, 0.4) is 0 Å². The molecular weight excluding hydrogens is 180 g/mol. The number of carbonyl (C=O) groups excluding carboxylic acids is 1. The largest absolute Gasteiger partial charge is 0.298 e. The molecule has 0 amide bonds. The number of aldehydes is 1. The molecule has 0 aliphatic carbocycles. The van der Waals surface area contributed by atoms with Crippen LogP contribution in [-0.2, 0) is 0 Å². The van der Waals surface area contributed by atoms with E-state index in [9.17, 15) is 4.79 Å². The van der Waals surface area contributed by atoms with Crippen molar-refractivity contribution in [2.45, 2.75) is 12.8 Å². The van der Waals surface area contributed by atoms with Gasteiger partial charge in [0, 0.05) is 5.56 Å². The molecule has 70 valence electrons. The second kappa shape index (κ2) is 6.72. The summed E-state index contributed by atoms with van der Waals surface area (Å²) in [5, 5.41) is 0. The van der Waals surface area contributed by atoms with Crippen LogP contribution >= 0.6 is 11.8 Å². The number of hydrogen-bond acceptors (Lipinski definition) is 2. The molecule has 0 saturated carbocycles. The van der Waals surface area contributed by atoms with Gasteiger partial charge in [-0.15, -0.1) is 0 Å². The average Bonchev–Trinajstić information content (AvgIpc) is 2.77. The van der Waals surface area contributed by atoms with E-state index in [0.29, 0.717) is 0 Å². The van der Waals surface area contributed by atoms with Crippen LogP contribution in [0.1, 0.15) is 23.2 Å². The lowest BCUT2D eigenvalue weighted by molar-refractivity contribution is 0.112. The van der Waals surface area contributed by atoms with E-state index in [4.69, 9.17) is 0 Å². The van der Waals surface area contributed by atoms with Crippen LogP contribution in [0.25, 0.3) is 0 Å². The third-order valence-electron chi connectivity index (χ3n) is 1.76. The van der Waals surface area contributed by atoms with Gasteiger partial charge in [0.2, 0.25) is 0 Å². The fourth-order valence-electron chi connectivity index (χ4n) is 1.04. The summed E-state index contributed by atoms with van der Waals surface area (Å²) < 4.78 is 0. The smallest absolute Gasteiger partial charge is 0.150 e. The number of hydrogen-bond donors (Lipinski definition) is 0. The van der Waals surface area contributed by atoms with Crippen molar-refractivity contribution in [2.75, 3.05) is 11.5 Å². The molecule has 2 rings (SSSR count). The van der Waals surface area contributed by atoms with Crippen molar-refractivity contribution in [3.63, 3.8) is 0 Å². The minimum atomic E-state index is 0.729. The first-order chi connectivity index (χ1) is 6.43. The molecule has 1 aromatic rings. The first kappa shape index (κ1) is 10.3. The topological polar surface area (TPSA) is 17.1 Å². The molecule has 1 nitrogen and oxygen atoms in total. The fraction of sp³-hybridized carbons (Fsp3) is 0.364. The van der Waals surface area contributed by atoms with Gasteiger partial charge in [-0.2, -0.15) is 11.8 Å². The molecular formula is C11H14OS. The number of thioether (sulfide) groups is 1. The van der Waals surface area contributed by atoms with Gasteiger partial charge in [0.25, 0.3) is 0 Å². The SMILES string of the molecule is C1CCSC1.O=Cc1ccccc1. The van der Waals surface area contributed by atoms with Gasteiger partial charge in [0.15, 0.2) is 0 Å². The summed E-state index contributed by atoms with van der Waals surface area (Å²) in [5.74, 6) is 2.83. The lowest BCUT2D eigenvalue weighted by atomic mass is 10.2. The maximum absolute atomic E-state index is 10.0. The molecule has 1 aromatic carbocycles. The summed E-state index contributed by atoms with van der Waals surface area (Å²) in [6.07, 6.45) is 3.76. The van der Waals surface area contributed by atoms with Crippen LogP contribution in [-0.4, -0.2) is 17.8 Å². The second-order valence-corrected chi connectivity index (χ2v) is 4.07. The summed E-state index contributed by atoms with van der Waals surface area (Å²) in [4.78, 5) is 10.0. The number of carbonyl (C=O) groups is 1. The van der Waals surface area contributed by atoms with Crippen molar-refractivity contribution < 1.29 is 4.79 Å². The van der Waals surface area contributed by atoms with Crippen molar-refractivity contribution >= 4 is 18.0 Å². The predicted octanol–water partition coefficient (Wildman–Crippen LogP) is 3.01. The highest BCUT2D eigenvalue weighted by Crippen LogP contribution is 2.14. The van der Waals surface area contributed by atoms with Crippen molar-refractivity contribution in [1.29, 1.82) is 0 Å². The predicted molar refractivity (Wildman–Crippen MR) is 58.4 cm³/mol. The Morgan fingerprint density at radius 3 is 2.00 bits per heavy atom. The highest BCUT2D eigenvalue weighted by molar-refractivity contribution is 7.99. The van der Waals surface area contributed by atoms with Gasteiger partial charge in [-0.1, -0.05) is 30.3 Å². The summed E-state index contributed by atoms with van der Waals surface area (Å²) in [5.41, 5.74) is 0.729. The summed E-state index contributed by atoms with van der Waals surface area (Å²) in [6.45, 7) is 0. The molecule has 0 unspecified atom stereocenters. The van der Waals surface area contributed by atoms with Gasteiger partial charge in [0.1, 0.15) is 6.29 Å². The summed E-state index contributed by atoms with van der Waals surface area (Å²) >= 11 is 2.07. The van der Waals surface area contributed by atoms with E-state index in [1.165, 1.54) is 24.3 Å². The van der Waals surface area contributed by atoms with Crippen LogP contribution in [0.4, 0.5) is 0 Å². The molecule has 13 heavy (non-hydrogen) atoms. The van der Waals surface area contributed by atoms with E-state index in [0.717, 1.165) is 11.8 Å². The van der Waals surface area contributed by atoms with Crippen molar-refractivity contribution in [3.8, 4) is 0 Å². The molecule has 0 N–H and O–H groups in total. The summed E-state index contributed by atoms with van der Waals surface area (Å²) in [6, 6.07) is 9.10. The van der Waals surface area contributed by atoms with Crippen molar-refractivity contribution in [2.24, 2.45) is 0 Å². The molecule has 1 heterocycles. The molecule has 1 aliphatic rings. The zero-order valence-corrected chi connectivity index (χ0v) is 8.43. The molecule has 1 fully saturated rings. The molecule has 1 saturated heterocycles. The molecule has 0 atom stereocenters. The Morgan fingerprint density at radius 2 is 1.69 bits per heavy atom. The lowest BCUT2D eigenvalue weighted by Gasteiger charge is -1.81.